The summed E-state index contributed by atoms with van der Waals surface area (Å²) in [6.07, 6.45) is 2.01. The fourth-order valence-corrected chi connectivity index (χ4v) is 1.76. The maximum Gasteiger partial charge on any atom is 0.192 e. The van der Waals surface area contributed by atoms with Crippen LogP contribution in [0.25, 0.3) is 0 Å². The molecule has 0 amide bonds. The number of nitrogens with zero attached hydrogens (tertiary/aromatic N) is 2. The van der Waals surface area contributed by atoms with E-state index < -0.39 is 0 Å². The summed E-state index contributed by atoms with van der Waals surface area (Å²) >= 11 is 0. The fourth-order valence-electron chi connectivity index (χ4n) is 1.76. The summed E-state index contributed by atoms with van der Waals surface area (Å²) in [5.74, 6) is 0.856. The van der Waals surface area contributed by atoms with Crippen molar-refractivity contribution in [1.82, 2.24) is 4.98 Å². The minimum absolute atomic E-state index is 0.0283. The largest absolute Gasteiger partial charge is 0.455 e. The van der Waals surface area contributed by atoms with Gasteiger partial charge in [-0.15, -0.1) is 0 Å². The zero-order chi connectivity index (χ0) is 14.4. The van der Waals surface area contributed by atoms with Gasteiger partial charge in [-0.2, -0.15) is 0 Å². The molecule has 0 unspecified atom stereocenters. The van der Waals surface area contributed by atoms with Crippen molar-refractivity contribution in [2.75, 3.05) is 6.61 Å². The molecule has 0 radical (unpaired) electrons. The number of aromatic nitrogens is 1. The van der Waals surface area contributed by atoms with Crippen molar-refractivity contribution in [3.8, 4) is 11.5 Å². The van der Waals surface area contributed by atoms with E-state index >= 15 is 0 Å². The average molecular weight is 273 g/mol. The molecule has 104 valence electrons. The minimum Gasteiger partial charge on any atom is -0.455 e. The number of aliphatic hydroxyl groups excluding tert-OH is 1. The zero-order valence-corrected chi connectivity index (χ0v) is 10.7. The van der Waals surface area contributed by atoms with Crippen LogP contribution in [-0.2, 0) is 6.42 Å². The molecule has 20 heavy (non-hydrogen) atoms. The van der Waals surface area contributed by atoms with Gasteiger partial charge in [0.1, 0.15) is 5.75 Å². The van der Waals surface area contributed by atoms with Gasteiger partial charge in [0.2, 0.25) is 0 Å². The van der Waals surface area contributed by atoms with E-state index in [9.17, 15) is 0 Å². The quantitative estimate of drug-likeness (QED) is 0.332. The van der Waals surface area contributed by atoms with Crippen molar-refractivity contribution >= 4 is 5.84 Å². The Morgan fingerprint density at radius 1 is 1.20 bits per heavy atom. The highest BCUT2D eigenvalue weighted by Gasteiger charge is 2.12. The van der Waals surface area contributed by atoms with Gasteiger partial charge in [-0.1, -0.05) is 23.4 Å². The number of oxime groups is 1. The standard InChI is InChI=1S/C14H15N3O3/c15-14(17-19)13-12(6-3-8-16-13)20-11-5-2-1-4-10(11)7-9-18/h1-6,8,18-19H,7,9H2,(H2,15,17). The number of amidine groups is 1. The molecule has 4 N–H and O–H groups in total. The molecular weight excluding hydrogens is 258 g/mol. The Morgan fingerprint density at radius 2 is 1.95 bits per heavy atom. The summed E-state index contributed by atoms with van der Waals surface area (Å²) in [6.45, 7) is 0.0283. The van der Waals surface area contributed by atoms with E-state index in [-0.39, 0.29) is 18.1 Å². The van der Waals surface area contributed by atoms with E-state index in [1.807, 2.05) is 18.2 Å². The second-order valence-electron chi connectivity index (χ2n) is 4.02. The summed E-state index contributed by atoms with van der Waals surface area (Å²) in [4.78, 5) is 4.03. The lowest BCUT2D eigenvalue weighted by molar-refractivity contribution is 0.298. The van der Waals surface area contributed by atoms with Crippen LogP contribution in [0.2, 0.25) is 0 Å². The third-order valence-corrected chi connectivity index (χ3v) is 2.69. The van der Waals surface area contributed by atoms with Gasteiger partial charge >= 0.3 is 0 Å². The van der Waals surface area contributed by atoms with Gasteiger partial charge in [0.05, 0.1) is 0 Å². The van der Waals surface area contributed by atoms with Crippen molar-refractivity contribution in [2.45, 2.75) is 6.42 Å². The number of benzene rings is 1. The molecule has 0 saturated carbocycles. The van der Waals surface area contributed by atoms with Crippen molar-refractivity contribution in [1.29, 1.82) is 0 Å². The highest BCUT2D eigenvalue weighted by molar-refractivity contribution is 5.97. The average Bonchev–Trinajstić information content (AvgIpc) is 2.49. The molecule has 2 aromatic rings. The number of aliphatic hydroxyl groups is 1. The molecular formula is C14H15N3O3. The third kappa shape index (κ3) is 3.04. The van der Waals surface area contributed by atoms with Crippen LogP contribution in [0.4, 0.5) is 0 Å². The van der Waals surface area contributed by atoms with Crippen LogP contribution in [0.15, 0.2) is 47.8 Å². The lowest BCUT2D eigenvalue weighted by Crippen LogP contribution is -2.16. The second kappa shape index (κ2) is 6.53. The van der Waals surface area contributed by atoms with E-state index in [0.717, 1.165) is 5.56 Å². The first-order valence-corrected chi connectivity index (χ1v) is 6.05. The predicted molar refractivity (Wildman–Crippen MR) is 74.1 cm³/mol. The SMILES string of the molecule is N/C(=N/O)c1ncccc1Oc1ccccc1CCO. The molecule has 0 atom stereocenters. The first kappa shape index (κ1) is 13.8. The molecule has 6 heteroatoms. The maximum atomic E-state index is 9.05. The molecule has 6 nitrogen and oxygen atoms in total. The van der Waals surface area contributed by atoms with Crippen LogP contribution >= 0.6 is 0 Å². The van der Waals surface area contributed by atoms with E-state index in [4.69, 9.17) is 20.8 Å². The molecule has 0 aliphatic carbocycles. The van der Waals surface area contributed by atoms with Gasteiger partial charge in [-0.3, -0.25) is 0 Å². The Labute approximate surface area is 116 Å². The molecule has 2 rings (SSSR count). The molecule has 0 fully saturated rings. The maximum absolute atomic E-state index is 9.05. The van der Waals surface area contributed by atoms with Gasteiger partial charge in [-0.25, -0.2) is 4.98 Å². The monoisotopic (exact) mass is 273 g/mol. The number of pyridine rings is 1. The molecule has 1 aromatic carbocycles. The van der Waals surface area contributed by atoms with Crippen LogP contribution < -0.4 is 10.5 Å². The lowest BCUT2D eigenvalue weighted by atomic mass is 10.1. The topological polar surface area (TPSA) is 101 Å². The molecule has 0 aliphatic heterocycles. The van der Waals surface area contributed by atoms with Crippen LogP contribution in [0.1, 0.15) is 11.3 Å². The summed E-state index contributed by atoms with van der Waals surface area (Å²) in [5.41, 5.74) is 6.69. The molecule has 0 aliphatic rings. The van der Waals surface area contributed by atoms with Gasteiger partial charge in [0, 0.05) is 12.8 Å². The van der Waals surface area contributed by atoms with E-state index in [1.54, 1.807) is 18.2 Å². The van der Waals surface area contributed by atoms with Gasteiger partial charge in [0.25, 0.3) is 0 Å². The van der Waals surface area contributed by atoms with Crippen LogP contribution in [0.5, 0.6) is 11.5 Å². The van der Waals surface area contributed by atoms with Crippen molar-refractivity contribution < 1.29 is 15.1 Å². The predicted octanol–water partition coefficient (Wildman–Crippen LogP) is 1.50. The smallest absolute Gasteiger partial charge is 0.192 e. The number of hydrogen-bond acceptors (Lipinski definition) is 5. The van der Waals surface area contributed by atoms with E-state index in [0.29, 0.717) is 17.9 Å². The van der Waals surface area contributed by atoms with Gasteiger partial charge < -0.3 is 20.8 Å². The molecule has 0 saturated heterocycles. The molecule has 0 spiro atoms. The summed E-state index contributed by atoms with van der Waals surface area (Å²) in [7, 11) is 0. The van der Waals surface area contributed by atoms with Crippen molar-refractivity contribution in [2.24, 2.45) is 10.9 Å². The number of ether oxygens (including phenoxy) is 1. The minimum atomic E-state index is -0.125. The van der Waals surface area contributed by atoms with E-state index in [1.165, 1.54) is 6.20 Å². The summed E-state index contributed by atoms with van der Waals surface area (Å²) in [6, 6.07) is 10.7. The van der Waals surface area contributed by atoms with Crippen molar-refractivity contribution in [3.63, 3.8) is 0 Å². The lowest BCUT2D eigenvalue weighted by Gasteiger charge is -2.12. The normalized spacial score (nSPS) is 11.3. The molecule has 1 aromatic heterocycles. The summed E-state index contributed by atoms with van der Waals surface area (Å²) < 4.78 is 5.77. The fraction of sp³-hybridized carbons (Fsp3) is 0.143. The van der Waals surface area contributed by atoms with Gasteiger partial charge in [-0.05, 0) is 30.2 Å². The van der Waals surface area contributed by atoms with Crippen LogP contribution in [0, 0.1) is 0 Å². The van der Waals surface area contributed by atoms with Gasteiger partial charge in [0.15, 0.2) is 17.3 Å². The number of hydrogen-bond donors (Lipinski definition) is 3. The Bertz CT molecular complexity index is 614. The Kier molecular flexibility index (Phi) is 4.52. The Hall–Kier alpha value is -2.60. The van der Waals surface area contributed by atoms with E-state index in [2.05, 4.69) is 10.1 Å². The second-order valence-corrected chi connectivity index (χ2v) is 4.02. The number of nitrogens with two attached hydrogens (primary N) is 1. The van der Waals surface area contributed by atoms with Crippen LogP contribution in [0.3, 0.4) is 0 Å². The highest BCUT2D eigenvalue weighted by atomic mass is 16.5. The number of para-hydroxylation sites is 1. The molecule has 0 bridgehead atoms. The third-order valence-electron chi connectivity index (χ3n) is 2.69. The Balaban J connectivity index is 2.36. The number of rotatable bonds is 5. The summed E-state index contributed by atoms with van der Waals surface area (Å²) in [5, 5.41) is 20.7. The van der Waals surface area contributed by atoms with Crippen LogP contribution in [-0.4, -0.2) is 27.7 Å². The highest BCUT2D eigenvalue weighted by Crippen LogP contribution is 2.27. The first-order chi connectivity index (χ1) is 9.76. The first-order valence-electron chi connectivity index (χ1n) is 6.05. The molecule has 1 heterocycles. The Morgan fingerprint density at radius 3 is 2.70 bits per heavy atom. The zero-order valence-electron chi connectivity index (χ0n) is 10.7. The van der Waals surface area contributed by atoms with Crippen molar-refractivity contribution in [3.05, 3.63) is 53.9 Å².